The van der Waals surface area contributed by atoms with E-state index in [1.54, 1.807) is 0 Å². The smallest absolute Gasteiger partial charge is 0.231 e. The zero-order valence-corrected chi connectivity index (χ0v) is 10.2. The third kappa shape index (κ3) is 2.67. The highest BCUT2D eigenvalue weighted by atomic mass is 16.7. The predicted octanol–water partition coefficient (Wildman–Crippen LogP) is 2.55. The van der Waals surface area contributed by atoms with Crippen LogP contribution in [0.1, 0.15) is 26.3 Å². The molecule has 1 aromatic rings. The van der Waals surface area contributed by atoms with E-state index >= 15 is 0 Å². The third-order valence-corrected chi connectivity index (χ3v) is 2.45. The number of hydrogen-bond acceptors (Lipinski definition) is 3. The molecule has 0 fully saturated rings. The summed E-state index contributed by atoms with van der Waals surface area (Å²) in [6.07, 6.45) is 0. The van der Waals surface area contributed by atoms with Crippen molar-refractivity contribution in [2.45, 2.75) is 27.3 Å². The van der Waals surface area contributed by atoms with Crippen LogP contribution in [-0.2, 0) is 6.54 Å². The number of benzene rings is 1. The Kier molecular flexibility index (Phi) is 3.06. The standard InChI is InChI=1S/C13H19NO2/c1-13(2,3)8-14-7-10-5-4-6-11-12(10)16-9-15-11/h4-6,14H,7-9H2,1-3H3. The Morgan fingerprint density at radius 2 is 2.06 bits per heavy atom. The van der Waals surface area contributed by atoms with E-state index in [9.17, 15) is 0 Å². The van der Waals surface area contributed by atoms with Crippen LogP contribution in [0.3, 0.4) is 0 Å². The van der Waals surface area contributed by atoms with Crippen LogP contribution < -0.4 is 14.8 Å². The minimum atomic E-state index is 0.301. The van der Waals surface area contributed by atoms with Crippen molar-refractivity contribution in [3.63, 3.8) is 0 Å². The Morgan fingerprint density at radius 3 is 2.81 bits per heavy atom. The van der Waals surface area contributed by atoms with E-state index in [0.717, 1.165) is 24.6 Å². The minimum absolute atomic E-state index is 0.301. The normalized spacial score (nSPS) is 14.2. The fourth-order valence-corrected chi connectivity index (χ4v) is 1.70. The van der Waals surface area contributed by atoms with E-state index < -0.39 is 0 Å². The van der Waals surface area contributed by atoms with Gasteiger partial charge >= 0.3 is 0 Å². The molecule has 0 saturated heterocycles. The van der Waals surface area contributed by atoms with Crippen LogP contribution in [-0.4, -0.2) is 13.3 Å². The van der Waals surface area contributed by atoms with Crippen molar-refractivity contribution in [2.24, 2.45) is 5.41 Å². The Bertz CT molecular complexity index is 369. The van der Waals surface area contributed by atoms with Crippen molar-refractivity contribution in [1.82, 2.24) is 5.32 Å². The van der Waals surface area contributed by atoms with Gasteiger partial charge < -0.3 is 14.8 Å². The molecule has 1 aliphatic rings. The molecule has 0 atom stereocenters. The molecule has 1 aliphatic heterocycles. The number of hydrogen-bond donors (Lipinski definition) is 1. The molecule has 0 aliphatic carbocycles. The van der Waals surface area contributed by atoms with Crippen LogP contribution >= 0.6 is 0 Å². The minimum Gasteiger partial charge on any atom is -0.454 e. The first-order chi connectivity index (χ1) is 7.56. The molecule has 3 nitrogen and oxygen atoms in total. The quantitative estimate of drug-likeness (QED) is 0.851. The highest BCUT2D eigenvalue weighted by Gasteiger charge is 2.17. The van der Waals surface area contributed by atoms with E-state index in [4.69, 9.17) is 9.47 Å². The molecule has 0 bridgehead atoms. The van der Waals surface area contributed by atoms with Crippen LogP contribution in [0.5, 0.6) is 11.5 Å². The van der Waals surface area contributed by atoms with E-state index in [0.29, 0.717) is 12.2 Å². The van der Waals surface area contributed by atoms with E-state index in [-0.39, 0.29) is 0 Å². The van der Waals surface area contributed by atoms with E-state index in [1.807, 2.05) is 12.1 Å². The summed E-state index contributed by atoms with van der Waals surface area (Å²) >= 11 is 0. The molecule has 88 valence electrons. The van der Waals surface area contributed by atoms with Gasteiger partial charge in [-0.25, -0.2) is 0 Å². The van der Waals surface area contributed by atoms with Gasteiger partial charge in [0.2, 0.25) is 6.79 Å². The number of fused-ring (bicyclic) bond motifs is 1. The monoisotopic (exact) mass is 221 g/mol. The van der Waals surface area contributed by atoms with Gasteiger partial charge in [-0.2, -0.15) is 0 Å². The van der Waals surface area contributed by atoms with Gasteiger partial charge in [0.15, 0.2) is 11.5 Å². The maximum Gasteiger partial charge on any atom is 0.231 e. The number of nitrogens with one attached hydrogen (secondary N) is 1. The van der Waals surface area contributed by atoms with Crippen molar-refractivity contribution in [1.29, 1.82) is 0 Å². The lowest BCUT2D eigenvalue weighted by molar-refractivity contribution is 0.173. The van der Waals surface area contributed by atoms with Crippen molar-refractivity contribution in [2.75, 3.05) is 13.3 Å². The maximum atomic E-state index is 5.45. The zero-order chi connectivity index (χ0) is 11.6. The predicted molar refractivity (Wildman–Crippen MR) is 63.7 cm³/mol. The van der Waals surface area contributed by atoms with Crippen molar-refractivity contribution < 1.29 is 9.47 Å². The first-order valence-electron chi connectivity index (χ1n) is 5.64. The molecule has 0 saturated carbocycles. The topological polar surface area (TPSA) is 30.5 Å². The van der Waals surface area contributed by atoms with Crippen molar-refractivity contribution >= 4 is 0 Å². The average Bonchev–Trinajstić information content (AvgIpc) is 2.64. The van der Waals surface area contributed by atoms with Gasteiger partial charge in [0.1, 0.15) is 0 Å². The summed E-state index contributed by atoms with van der Waals surface area (Å²) < 4.78 is 10.8. The van der Waals surface area contributed by atoms with Crippen LogP contribution in [0.15, 0.2) is 18.2 Å². The van der Waals surface area contributed by atoms with Gasteiger partial charge in [0.05, 0.1) is 0 Å². The van der Waals surface area contributed by atoms with E-state index in [2.05, 4.69) is 32.2 Å². The van der Waals surface area contributed by atoms with Crippen LogP contribution in [0.2, 0.25) is 0 Å². The van der Waals surface area contributed by atoms with Crippen molar-refractivity contribution in [3.8, 4) is 11.5 Å². The van der Waals surface area contributed by atoms with Crippen LogP contribution in [0.4, 0.5) is 0 Å². The molecule has 0 unspecified atom stereocenters. The molecular weight excluding hydrogens is 202 g/mol. The molecule has 1 aromatic carbocycles. The molecule has 0 aromatic heterocycles. The lowest BCUT2D eigenvalue weighted by atomic mass is 9.97. The summed E-state index contributed by atoms with van der Waals surface area (Å²) in [7, 11) is 0. The Balaban J connectivity index is 1.98. The number of para-hydroxylation sites is 1. The first-order valence-corrected chi connectivity index (χ1v) is 5.64. The summed E-state index contributed by atoms with van der Waals surface area (Å²) in [5.74, 6) is 1.75. The third-order valence-electron chi connectivity index (χ3n) is 2.45. The SMILES string of the molecule is CC(C)(C)CNCc1cccc2c1OCO2. The molecule has 0 amide bonds. The fourth-order valence-electron chi connectivity index (χ4n) is 1.70. The second kappa shape index (κ2) is 4.34. The van der Waals surface area contributed by atoms with Crippen molar-refractivity contribution in [3.05, 3.63) is 23.8 Å². The van der Waals surface area contributed by atoms with Gasteiger partial charge in [-0.15, -0.1) is 0 Å². The van der Waals surface area contributed by atoms with Gasteiger partial charge in [0.25, 0.3) is 0 Å². The summed E-state index contributed by atoms with van der Waals surface area (Å²) in [5, 5.41) is 3.44. The second-order valence-corrected chi connectivity index (χ2v) is 5.32. The van der Waals surface area contributed by atoms with Gasteiger partial charge in [-0.05, 0) is 11.5 Å². The van der Waals surface area contributed by atoms with Crippen LogP contribution in [0.25, 0.3) is 0 Å². The highest BCUT2D eigenvalue weighted by molar-refractivity contribution is 5.48. The Hall–Kier alpha value is -1.22. The molecule has 0 radical (unpaired) electrons. The summed E-state index contributed by atoms with van der Waals surface area (Å²) in [6, 6.07) is 6.01. The maximum absolute atomic E-state index is 5.45. The summed E-state index contributed by atoms with van der Waals surface area (Å²) in [4.78, 5) is 0. The molecule has 2 rings (SSSR count). The molecule has 16 heavy (non-hydrogen) atoms. The number of rotatable bonds is 3. The summed E-state index contributed by atoms with van der Waals surface area (Å²) in [5.41, 5.74) is 1.47. The largest absolute Gasteiger partial charge is 0.454 e. The van der Waals surface area contributed by atoms with Crippen LogP contribution in [0, 0.1) is 5.41 Å². The zero-order valence-electron chi connectivity index (χ0n) is 10.2. The Labute approximate surface area is 96.8 Å². The van der Waals surface area contributed by atoms with Gasteiger partial charge in [-0.3, -0.25) is 0 Å². The molecular formula is C13H19NO2. The molecule has 3 heteroatoms. The second-order valence-electron chi connectivity index (χ2n) is 5.32. The van der Waals surface area contributed by atoms with E-state index in [1.165, 1.54) is 5.56 Å². The molecule has 1 heterocycles. The lowest BCUT2D eigenvalue weighted by Gasteiger charge is -2.19. The van der Waals surface area contributed by atoms with Gasteiger partial charge in [0, 0.05) is 18.7 Å². The molecule has 0 spiro atoms. The molecule has 1 N–H and O–H groups in total. The lowest BCUT2D eigenvalue weighted by Crippen LogP contribution is -2.26. The Morgan fingerprint density at radius 1 is 1.25 bits per heavy atom. The average molecular weight is 221 g/mol. The number of ether oxygens (including phenoxy) is 2. The fraction of sp³-hybridized carbons (Fsp3) is 0.538. The highest BCUT2D eigenvalue weighted by Crippen LogP contribution is 2.35. The first kappa shape index (κ1) is 11.3. The summed E-state index contributed by atoms with van der Waals surface area (Å²) in [6.45, 7) is 8.80. The van der Waals surface area contributed by atoms with Gasteiger partial charge in [-0.1, -0.05) is 32.9 Å².